The number of halogens is 3. The Hall–Kier alpha value is -1.05. The lowest BCUT2D eigenvalue weighted by Gasteiger charge is -2.25. The van der Waals surface area contributed by atoms with E-state index in [2.05, 4.69) is 47.8 Å². The molecule has 0 saturated heterocycles. The van der Waals surface area contributed by atoms with Gasteiger partial charge in [0.2, 0.25) is 0 Å². The average molecular weight is 535 g/mol. The number of aryl methyl sites for hydroxylation is 1. The maximum atomic E-state index is 12.9. The molecule has 2 aromatic carbocycles. The van der Waals surface area contributed by atoms with Crippen LogP contribution in [0, 0.1) is 6.92 Å². The van der Waals surface area contributed by atoms with Gasteiger partial charge >= 0.3 is 0 Å². The number of phenolic OH excluding ortho intramolecular Hbond substituents is 1. The van der Waals surface area contributed by atoms with Gasteiger partial charge in [-0.1, -0.05) is 59.4 Å². The minimum Gasteiger partial charge on any atom is -0.507 e. The van der Waals surface area contributed by atoms with Crippen LogP contribution in [0.4, 0.5) is 0 Å². The van der Waals surface area contributed by atoms with Crippen molar-refractivity contribution in [3.05, 3.63) is 51.5 Å². The van der Waals surface area contributed by atoms with E-state index in [1.165, 1.54) is 6.07 Å². The number of aromatic hydroxyl groups is 1. The van der Waals surface area contributed by atoms with E-state index in [9.17, 15) is 9.90 Å². The molecule has 0 aliphatic carbocycles. The average Bonchev–Trinajstić information content (AvgIpc) is 2.61. The normalized spacial score (nSPS) is 15.5. The Morgan fingerprint density at radius 3 is 2.64 bits per heavy atom. The zero-order valence-electron chi connectivity index (χ0n) is 13.3. The zero-order valence-corrected chi connectivity index (χ0v) is 18.0. The number of Topliss-reactive ketones (excluding diaryl/α,β-unsaturated/α-hetero) is 1. The number of hydrogen-bond donors (Lipinski definition) is 1. The molecular formula is C18H15Br3O4. The number of carbonyl (C=O) groups excluding carboxylic acids is 1. The topological polar surface area (TPSA) is 55.8 Å². The first-order chi connectivity index (χ1) is 11.9. The molecule has 4 nitrogen and oxygen atoms in total. The quantitative estimate of drug-likeness (QED) is 0.426. The van der Waals surface area contributed by atoms with Crippen molar-refractivity contribution in [2.24, 2.45) is 0 Å². The van der Waals surface area contributed by atoms with Crippen LogP contribution in [0.2, 0.25) is 0 Å². The minimum atomic E-state index is -0.593. The summed E-state index contributed by atoms with van der Waals surface area (Å²) in [5.74, 6) is 1.02. The first-order valence-corrected chi connectivity index (χ1v) is 10.2. The highest BCUT2D eigenvalue weighted by Gasteiger charge is 2.32. The molecule has 1 aliphatic heterocycles. The van der Waals surface area contributed by atoms with Gasteiger partial charge in [-0.2, -0.15) is 0 Å². The zero-order chi connectivity index (χ0) is 18.1. The number of benzene rings is 2. The van der Waals surface area contributed by atoms with Crippen LogP contribution in [0.5, 0.6) is 17.2 Å². The standard InChI is InChI=1S/C18H15Br3O4/c1-9-2-3-13(22)11(6-9)17(23)16(21)15(20)12-7-10(19)8-14-18(12)25-5-4-24-14/h2-3,6-8,15-16,22H,4-5H2,1H3/t15-,16+/m1/s1. The molecule has 7 heteroatoms. The lowest BCUT2D eigenvalue weighted by atomic mass is 9.99. The number of carbonyl (C=O) groups is 1. The van der Waals surface area contributed by atoms with E-state index in [-0.39, 0.29) is 21.9 Å². The molecule has 0 aromatic heterocycles. The number of ether oxygens (including phenoxy) is 2. The summed E-state index contributed by atoms with van der Waals surface area (Å²) < 4.78 is 12.2. The van der Waals surface area contributed by atoms with Crippen molar-refractivity contribution < 1.29 is 19.4 Å². The van der Waals surface area contributed by atoms with E-state index in [1.54, 1.807) is 12.1 Å². The van der Waals surface area contributed by atoms with Gasteiger partial charge in [-0.15, -0.1) is 0 Å². The van der Waals surface area contributed by atoms with Crippen molar-refractivity contribution in [3.63, 3.8) is 0 Å². The van der Waals surface area contributed by atoms with Crippen molar-refractivity contribution in [2.45, 2.75) is 16.6 Å². The Balaban J connectivity index is 1.95. The van der Waals surface area contributed by atoms with E-state index in [1.807, 2.05) is 19.1 Å². The minimum absolute atomic E-state index is 0.0318. The summed E-state index contributed by atoms with van der Waals surface area (Å²) in [5.41, 5.74) is 1.99. The summed E-state index contributed by atoms with van der Waals surface area (Å²) in [4.78, 5) is 11.9. The molecule has 0 bridgehead atoms. The lowest BCUT2D eigenvalue weighted by molar-refractivity contribution is 0.0987. The fourth-order valence-corrected chi connectivity index (χ4v) is 4.20. The predicted octanol–water partition coefficient (Wildman–Crippen LogP) is 5.32. The molecule has 2 aromatic rings. The fraction of sp³-hybridized carbons (Fsp3) is 0.278. The molecule has 3 rings (SSSR count). The largest absolute Gasteiger partial charge is 0.507 e. The van der Waals surface area contributed by atoms with Gasteiger partial charge in [0.05, 0.1) is 15.2 Å². The number of phenols is 1. The number of rotatable bonds is 4. The summed E-state index contributed by atoms with van der Waals surface area (Å²) in [6.45, 7) is 2.82. The lowest BCUT2D eigenvalue weighted by Crippen LogP contribution is -2.22. The van der Waals surface area contributed by atoms with Crippen LogP contribution in [0.3, 0.4) is 0 Å². The van der Waals surface area contributed by atoms with E-state index in [0.29, 0.717) is 24.7 Å². The summed E-state index contributed by atoms with van der Waals surface area (Å²) in [7, 11) is 0. The molecule has 25 heavy (non-hydrogen) atoms. The van der Waals surface area contributed by atoms with Gasteiger partial charge in [-0.25, -0.2) is 0 Å². The van der Waals surface area contributed by atoms with E-state index >= 15 is 0 Å². The molecular weight excluding hydrogens is 520 g/mol. The van der Waals surface area contributed by atoms with Gasteiger partial charge in [0.1, 0.15) is 19.0 Å². The molecule has 1 heterocycles. The van der Waals surface area contributed by atoms with Crippen molar-refractivity contribution in [1.82, 2.24) is 0 Å². The molecule has 0 spiro atoms. The first kappa shape index (κ1) is 18.7. The first-order valence-electron chi connectivity index (χ1n) is 7.59. The SMILES string of the molecule is Cc1ccc(O)c(C(=O)[C@@H](Br)[C@H](Br)c2cc(Br)cc3c2OCCO3)c1. The molecule has 0 radical (unpaired) electrons. The van der Waals surface area contributed by atoms with Gasteiger partial charge in [0.25, 0.3) is 0 Å². The summed E-state index contributed by atoms with van der Waals surface area (Å²) in [6, 6.07) is 8.71. The van der Waals surface area contributed by atoms with Crippen LogP contribution in [0.25, 0.3) is 0 Å². The molecule has 1 aliphatic rings. The number of alkyl halides is 2. The molecule has 0 fully saturated rings. The maximum Gasteiger partial charge on any atom is 0.181 e. The van der Waals surface area contributed by atoms with Crippen LogP contribution in [-0.4, -0.2) is 28.9 Å². The molecule has 0 saturated carbocycles. The van der Waals surface area contributed by atoms with Crippen LogP contribution in [0.15, 0.2) is 34.8 Å². The van der Waals surface area contributed by atoms with Crippen LogP contribution >= 0.6 is 47.8 Å². The molecule has 1 N–H and O–H groups in total. The highest BCUT2D eigenvalue weighted by Crippen LogP contribution is 2.45. The fourth-order valence-electron chi connectivity index (χ4n) is 2.64. The summed E-state index contributed by atoms with van der Waals surface area (Å²) >= 11 is 10.5. The van der Waals surface area contributed by atoms with Gasteiger partial charge in [0.15, 0.2) is 17.3 Å². The Morgan fingerprint density at radius 1 is 1.16 bits per heavy atom. The summed E-state index contributed by atoms with van der Waals surface area (Å²) in [5, 5.41) is 10.0. The monoisotopic (exact) mass is 532 g/mol. The number of hydrogen-bond acceptors (Lipinski definition) is 4. The van der Waals surface area contributed by atoms with E-state index in [4.69, 9.17) is 9.47 Å². The van der Waals surface area contributed by atoms with Crippen LogP contribution in [-0.2, 0) is 0 Å². The molecule has 0 amide bonds. The molecule has 2 atom stereocenters. The van der Waals surface area contributed by atoms with Crippen LogP contribution in [0.1, 0.15) is 26.3 Å². The third kappa shape index (κ3) is 3.88. The second kappa shape index (κ2) is 7.68. The van der Waals surface area contributed by atoms with Crippen molar-refractivity contribution in [3.8, 4) is 17.2 Å². The van der Waals surface area contributed by atoms with E-state index in [0.717, 1.165) is 15.6 Å². The van der Waals surface area contributed by atoms with Crippen LogP contribution < -0.4 is 9.47 Å². The highest BCUT2D eigenvalue weighted by atomic mass is 79.9. The summed E-state index contributed by atoms with van der Waals surface area (Å²) in [6.07, 6.45) is 0. The van der Waals surface area contributed by atoms with Crippen molar-refractivity contribution in [1.29, 1.82) is 0 Å². The Morgan fingerprint density at radius 2 is 1.88 bits per heavy atom. The third-order valence-corrected chi connectivity index (χ3v) is 6.99. The Kier molecular flexibility index (Phi) is 5.75. The number of fused-ring (bicyclic) bond motifs is 1. The van der Waals surface area contributed by atoms with Gasteiger partial charge < -0.3 is 14.6 Å². The van der Waals surface area contributed by atoms with Gasteiger partial charge in [0, 0.05) is 10.0 Å². The van der Waals surface area contributed by atoms with E-state index < -0.39 is 4.83 Å². The smallest absolute Gasteiger partial charge is 0.181 e. The van der Waals surface area contributed by atoms with Gasteiger partial charge in [-0.05, 0) is 31.2 Å². The highest BCUT2D eigenvalue weighted by molar-refractivity contribution is 9.12. The third-order valence-electron chi connectivity index (χ3n) is 3.86. The molecule has 132 valence electrons. The predicted molar refractivity (Wildman–Crippen MR) is 107 cm³/mol. The second-order valence-corrected chi connectivity index (χ2v) is 8.60. The maximum absolute atomic E-state index is 12.9. The second-order valence-electron chi connectivity index (χ2n) is 5.71. The number of ketones is 1. The Bertz CT molecular complexity index is 822. The molecule has 0 unspecified atom stereocenters. The van der Waals surface area contributed by atoms with Crippen molar-refractivity contribution in [2.75, 3.05) is 13.2 Å². The van der Waals surface area contributed by atoms with Gasteiger partial charge in [-0.3, -0.25) is 4.79 Å². The van der Waals surface area contributed by atoms with Crippen molar-refractivity contribution >= 4 is 53.6 Å². The Labute approximate surface area is 170 Å².